The number of hydrogen-bond donors (Lipinski definition) is 1. The lowest BCUT2D eigenvalue weighted by atomic mass is 10.1. The summed E-state index contributed by atoms with van der Waals surface area (Å²) in [7, 11) is 1.73. The van der Waals surface area contributed by atoms with Crippen LogP contribution in [0, 0.1) is 5.92 Å². The number of nitrogens with one attached hydrogen (secondary N) is 1. The largest absolute Gasteiger partial charge is 0.454 e. The Labute approximate surface area is 143 Å². The van der Waals surface area contributed by atoms with Crippen LogP contribution >= 0.6 is 0 Å². The van der Waals surface area contributed by atoms with Crippen LogP contribution in [0.25, 0.3) is 0 Å². The van der Waals surface area contributed by atoms with Crippen LogP contribution < -0.4 is 14.8 Å². The number of benzene rings is 1. The molecule has 2 aliphatic rings. The van der Waals surface area contributed by atoms with Gasteiger partial charge in [0, 0.05) is 33.2 Å². The summed E-state index contributed by atoms with van der Waals surface area (Å²) >= 11 is 0. The molecule has 1 fully saturated rings. The Hall–Kier alpha value is -1.79. The highest BCUT2D eigenvalue weighted by atomic mass is 16.7. The SMILES string of the molecule is COCCN1CCC(CNC(=O)CCc2ccc3c(c2)OCO3)C1. The summed E-state index contributed by atoms with van der Waals surface area (Å²) in [6.45, 7) is 4.94. The Morgan fingerprint density at radius 2 is 2.25 bits per heavy atom. The molecule has 0 saturated carbocycles. The molecule has 132 valence electrons. The summed E-state index contributed by atoms with van der Waals surface area (Å²) in [5, 5.41) is 3.07. The van der Waals surface area contributed by atoms with Crippen LogP contribution in [0.4, 0.5) is 0 Å². The maximum atomic E-state index is 12.1. The summed E-state index contributed by atoms with van der Waals surface area (Å²) in [6.07, 6.45) is 2.36. The maximum Gasteiger partial charge on any atom is 0.231 e. The average Bonchev–Trinajstić information content (AvgIpc) is 3.24. The van der Waals surface area contributed by atoms with E-state index in [0.717, 1.165) is 56.3 Å². The molecule has 1 N–H and O–H groups in total. The second-order valence-electron chi connectivity index (χ2n) is 6.44. The van der Waals surface area contributed by atoms with Gasteiger partial charge in [0.1, 0.15) is 0 Å². The van der Waals surface area contributed by atoms with Gasteiger partial charge in [0.15, 0.2) is 11.5 Å². The molecule has 1 aromatic carbocycles. The van der Waals surface area contributed by atoms with Gasteiger partial charge in [0.05, 0.1) is 6.61 Å². The lowest BCUT2D eigenvalue weighted by Crippen LogP contribution is -2.31. The molecule has 0 aliphatic carbocycles. The molecular formula is C18H26N2O4. The number of aryl methyl sites for hydroxylation is 1. The van der Waals surface area contributed by atoms with E-state index < -0.39 is 0 Å². The third kappa shape index (κ3) is 4.61. The Kier molecular flexibility index (Phi) is 5.93. The Bertz CT molecular complexity index is 564. The highest BCUT2D eigenvalue weighted by Gasteiger charge is 2.22. The minimum atomic E-state index is 0.114. The van der Waals surface area contributed by atoms with Gasteiger partial charge in [-0.05, 0) is 43.0 Å². The number of nitrogens with zero attached hydrogens (tertiary/aromatic N) is 1. The summed E-state index contributed by atoms with van der Waals surface area (Å²) in [6, 6.07) is 5.86. The van der Waals surface area contributed by atoms with Crippen molar-refractivity contribution in [2.75, 3.05) is 46.7 Å². The maximum absolute atomic E-state index is 12.1. The fraction of sp³-hybridized carbons (Fsp3) is 0.611. The van der Waals surface area contributed by atoms with E-state index in [1.165, 1.54) is 0 Å². The molecule has 1 unspecified atom stereocenters. The first-order chi connectivity index (χ1) is 11.7. The van der Waals surface area contributed by atoms with Gasteiger partial charge in [-0.3, -0.25) is 4.79 Å². The minimum absolute atomic E-state index is 0.114. The van der Waals surface area contributed by atoms with Gasteiger partial charge in [-0.15, -0.1) is 0 Å². The standard InChI is InChI=1S/C18H26N2O4/c1-22-9-8-20-7-6-15(12-20)11-19-18(21)5-3-14-2-4-16-17(10-14)24-13-23-16/h2,4,10,15H,3,5-9,11-13H2,1H3,(H,19,21). The molecule has 6 nitrogen and oxygen atoms in total. The number of amides is 1. The molecule has 2 aliphatic heterocycles. The first kappa shape index (κ1) is 17.0. The lowest BCUT2D eigenvalue weighted by molar-refractivity contribution is -0.121. The molecule has 1 aromatic rings. The molecule has 24 heavy (non-hydrogen) atoms. The molecule has 1 amide bonds. The number of likely N-dealkylation sites (tertiary alicyclic amines) is 1. The normalized spacial score (nSPS) is 19.6. The third-order valence-electron chi connectivity index (χ3n) is 4.65. The number of carbonyl (C=O) groups excluding carboxylic acids is 1. The van der Waals surface area contributed by atoms with Crippen LogP contribution in [-0.4, -0.2) is 57.5 Å². The smallest absolute Gasteiger partial charge is 0.231 e. The Balaban J connectivity index is 1.34. The second kappa shape index (κ2) is 8.35. The van der Waals surface area contributed by atoms with E-state index in [9.17, 15) is 4.79 Å². The van der Waals surface area contributed by atoms with E-state index in [1.807, 2.05) is 18.2 Å². The zero-order chi connectivity index (χ0) is 16.8. The van der Waals surface area contributed by atoms with Crippen molar-refractivity contribution in [3.63, 3.8) is 0 Å². The van der Waals surface area contributed by atoms with Crippen molar-refractivity contribution in [1.29, 1.82) is 0 Å². The van der Waals surface area contributed by atoms with Gasteiger partial charge in [-0.2, -0.15) is 0 Å². The average molecular weight is 334 g/mol. The molecule has 0 aromatic heterocycles. The molecule has 1 saturated heterocycles. The van der Waals surface area contributed by atoms with Crippen molar-refractivity contribution < 1.29 is 19.0 Å². The van der Waals surface area contributed by atoms with Gasteiger partial charge in [-0.1, -0.05) is 6.07 Å². The van der Waals surface area contributed by atoms with E-state index in [-0.39, 0.29) is 12.7 Å². The summed E-state index contributed by atoms with van der Waals surface area (Å²) in [4.78, 5) is 14.5. The van der Waals surface area contributed by atoms with E-state index in [1.54, 1.807) is 7.11 Å². The van der Waals surface area contributed by atoms with Crippen LogP contribution in [0.5, 0.6) is 11.5 Å². The summed E-state index contributed by atoms with van der Waals surface area (Å²) < 4.78 is 15.8. The van der Waals surface area contributed by atoms with Crippen LogP contribution in [0.15, 0.2) is 18.2 Å². The number of fused-ring (bicyclic) bond motifs is 1. The number of ether oxygens (including phenoxy) is 3. The van der Waals surface area contributed by atoms with Gasteiger partial charge in [0.2, 0.25) is 12.7 Å². The van der Waals surface area contributed by atoms with Gasteiger partial charge in [0.25, 0.3) is 0 Å². The molecule has 0 spiro atoms. The van der Waals surface area contributed by atoms with Gasteiger partial charge in [-0.25, -0.2) is 0 Å². The second-order valence-corrected chi connectivity index (χ2v) is 6.44. The molecule has 0 radical (unpaired) electrons. The number of carbonyl (C=O) groups is 1. The van der Waals surface area contributed by atoms with Crippen molar-refractivity contribution in [1.82, 2.24) is 10.2 Å². The van der Waals surface area contributed by atoms with Crippen molar-refractivity contribution in [3.8, 4) is 11.5 Å². The first-order valence-corrected chi connectivity index (χ1v) is 8.61. The van der Waals surface area contributed by atoms with Crippen LogP contribution in [0.1, 0.15) is 18.4 Å². The van der Waals surface area contributed by atoms with Crippen LogP contribution in [-0.2, 0) is 16.0 Å². The number of rotatable bonds is 8. The third-order valence-corrected chi connectivity index (χ3v) is 4.65. The molecule has 1 atom stereocenters. The molecule has 3 rings (SSSR count). The van der Waals surface area contributed by atoms with Crippen molar-refractivity contribution in [2.45, 2.75) is 19.3 Å². The van der Waals surface area contributed by atoms with Crippen LogP contribution in [0.2, 0.25) is 0 Å². The topological polar surface area (TPSA) is 60.0 Å². The summed E-state index contributed by atoms with van der Waals surface area (Å²) in [5.41, 5.74) is 1.10. The van der Waals surface area contributed by atoms with Crippen molar-refractivity contribution >= 4 is 5.91 Å². The van der Waals surface area contributed by atoms with E-state index in [0.29, 0.717) is 18.8 Å². The summed E-state index contributed by atoms with van der Waals surface area (Å²) in [5.74, 6) is 2.22. The fourth-order valence-electron chi connectivity index (χ4n) is 3.20. The lowest BCUT2D eigenvalue weighted by Gasteiger charge is -2.15. The molecule has 0 bridgehead atoms. The van der Waals surface area contributed by atoms with Crippen molar-refractivity contribution in [2.24, 2.45) is 5.92 Å². The molecular weight excluding hydrogens is 308 g/mol. The van der Waals surface area contributed by atoms with Crippen molar-refractivity contribution in [3.05, 3.63) is 23.8 Å². The molecule has 6 heteroatoms. The zero-order valence-corrected chi connectivity index (χ0v) is 14.3. The monoisotopic (exact) mass is 334 g/mol. The Morgan fingerprint density at radius 1 is 1.38 bits per heavy atom. The predicted molar refractivity (Wildman–Crippen MR) is 90.3 cm³/mol. The zero-order valence-electron chi connectivity index (χ0n) is 14.3. The van der Waals surface area contributed by atoms with Gasteiger partial charge < -0.3 is 24.4 Å². The number of hydrogen-bond acceptors (Lipinski definition) is 5. The highest BCUT2D eigenvalue weighted by Crippen LogP contribution is 2.32. The van der Waals surface area contributed by atoms with Gasteiger partial charge >= 0.3 is 0 Å². The first-order valence-electron chi connectivity index (χ1n) is 8.61. The molecule has 2 heterocycles. The van der Waals surface area contributed by atoms with Crippen LogP contribution in [0.3, 0.4) is 0 Å². The van der Waals surface area contributed by atoms with E-state index >= 15 is 0 Å². The quantitative estimate of drug-likeness (QED) is 0.779. The predicted octanol–water partition coefficient (Wildman–Crippen LogP) is 1.43. The highest BCUT2D eigenvalue weighted by molar-refractivity contribution is 5.76. The van der Waals surface area contributed by atoms with E-state index in [2.05, 4.69) is 10.2 Å². The number of methoxy groups -OCH3 is 1. The Morgan fingerprint density at radius 3 is 3.12 bits per heavy atom. The fourth-order valence-corrected chi connectivity index (χ4v) is 3.20. The van der Waals surface area contributed by atoms with E-state index in [4.69, 9.17) is 14.2 Å². The minimum Gasteiger partial charge on any atom is -0.454 e.